The zero-order valence-corrected chi connectivity index (χ0v) is 19.7. The number of halogens is 2. The number of phenols is 1. The Hall–Kier alpha value is -1.23. The van der Waals surface area contributed by atoms with Crippen molar-refractivity contribution in [2.24, 2.45) is 4.99 Å². The lowest BCUT2D eigenvalue weighted by Crippen LogP contribution is -2.57. The van der Waals surface area contributed by atoms with Crippen molar-refractivity contribution in [1.82, 2.24) is 15.1 Å². The lowest BCUT2D eigenvalue weighted by Gasteiger charge is -2.39. The molecule has 0 radical (unpaired) electrons. The first-order chi connectivity index (χ1) is 12.2. The number of aromatic hydroxyl groups is 1. The molecule has 0 aromatic heterocycles. The summed E-state index contributed by atoms with van der Waals surface area (Å²) in [5.41, 5.74) is 0.569. The molecule has 1 aromatic carbocycles. The number of nitrogens with one attached hydrogen (secondary N) is 1. The molecule has 2 heterocycles. The van der Waals surface area contributed by atoms with Crippen LogP contribution in [0, 0.1) is 0 Å². The third-order valence-corrected chi connectivity index (χ3v) is 4.96. The Morgan fingerprint density at radius 1 is 1.41 bits per heavy atom. The van der Waals surface area contributed by atoms with E-state index in [9.17, 15) is 9.90 Å². The Balaban J connectivity index is 0.00000261. The van der Waals surface area contributed by atoms with Crippen LogP contribution in [-0.4, -0.2) is 64.8 Å². The number of aliphatic imine (C=N–C) groups is 1. The molecule has 0 aliphatic carbocycles. The number of carbonyl (C=O) groups excluding carboxylic acids is 1. The first kappa shape index (κ1) is 22.1. The van der Waals surface area contributed by atoms with Crippen LogP contribution in [0.4, 0.5) is 4.79 Å². The van der Waals surface area contributed by atoms with Crippen molar-refractivity contribution >= 4 is 52.0 Å². The molecule has 7 nitrogen and oxygen atoms in total. The number of fused-ring (bicyclic) bond motifs is 1. The summed E-state index contributed by atoms with van der Waals surface area (Å²) in [6, 6.07) is 5.61. The molecule has 27 heavy (non-hydrogen) atoms. The van der Waals surface area contributed by atoms with Crippen LogP contribution in [0.1, 0.15) is 26.3 Å². The number of rotatable bonds is 2. The second-order valence-electron chi connectivity index (χ2n) is 7.58. The Kier molecular flexibility index (Phi) is 7.23. The molecule has 0 bridgehead atoms. The summed E-state index contributed by atoms with van der Waals surface area (Å²) in [5.74, 6) is 1.09. The van der Waals surface area contributed by atoms with E-state index in [0.29, 0.717) is 30.7 Å². The minimum Gasteiger partial charge on any atom is -0.507 e. The fourth-order valence-corrected chi connectivity index (χ4v) is 3.49. The molecule has 1 aromatic rings. The van der Waals surface area contributed by atoms with Crippen LogP contribution < -0.4 is 5.32 Å². The molecular weight excluding hydrogens is 527 g/mol. The smallest absolute Gasteiger partial charge is 0.410 e. The first-order valence-corrected chi connectivity index (χ1v) is 9.52. The SMILES string of the molecule is CC(C)(C)OC(=O)N1CCN2C(NCc3ccc(O)c(Br)c3)=NCC2C1.I. The van der Waals surface area contributed by atoms with Gasteiger partial charge in [-0.25, -0.2) is 4.79 Å². The number of hydrogen-bond donors (Lipinski definition) is 2. The van der Waals surface area contributed by atoms with E-state index in [1.165, 1.54) is 0 Å². The number of carbonyl (C=O) groups is 1. The molecule has 3 rings (SSSR count). The average Bonchev–Trinajstić information content (AvgIpc) is 2.96. The lowest BCUT2D eigenvalue weighted by molar-refractivity contribution is 0.0137. The van der Waals surface area contributed by atoms with Gasteiger partial charge < -0.3 is 25.0 Å². The molecule has 9 heteroatoms. The minimum absolute atomic E-state index is 0. The number of piperazine rings is 1. The van der Waals surface area contributed by atoms with E-state index >= 15 is 0 Å². The van der Waals surface area contributed by atoms with Gasteiger partial charge in [-0.2, -0.15) is 0 Å². The summed E-state index contributed by atoms with van der Waals surface area (Å²) in [6.45, 7) is 8.90. The lowest BCUT2D eigenvalue weighted by atomic mass is 10.2. The van der Waals surface area contributed by atoms with Crippen LogP contribution >= 0.6 is 39.9 Å². The van der Waals surface area contributed by atoms with Gasteiger partial charge in [0.1, 0.15) is 11.4 Å². The van der Waals surface area contributed by atoms with Crippen LogP contribution in [0.15, 0.2) is 27.7 Å². The summed E-state index contributed by atoms with van der Waals surface area (Å²) < 4.78 is 6.14. The number of phenolic OH excluding ortho intramolecular Hbond substituents is 1. The highest BCUT2D eigenvalue weighted by Crippen LogP contribution is 2.24. The highest BCUT2D eigenvalue weighted by atomic mass is 127. The Morgan fingerprint density at radius 3 is 2.81 bits per heavy atom. The van der Waals surface area contributed by atoms with Gasteiger partial charge in [-0.15, -0.1) is 24.0 Å². The number of guanidine groups is 1. The molecule has 2 N–H and O–H groups in total. The fourth-order valence-electron chi connectivity index (χ4n) is 3.06. The van der Waals surface area contributed by atoms with Gasteiger partial charge in [-0.1, -0.05) is 6.07 Å². The van der Waals surface area contributed by atoms with E-state index in [2.05, 4.69) is 31.1 Å². The number of ether oxygens (including phenoxy) is 1. The van der Waals surface area contributed by atoms with Crippen molar-refractivity contribution in [3.8, 4) is 5.75 Å². The zero-order valence-electron chi connectivity index (χ0n) is 15.7. The number of nitrogens with zero attached hydrogens (tertiary/aromatic N) is 3. The van der Waals surface area contributed by atoms with E-state index < -0.39 is 5.60 Å². The van der Waals surface area contributed by atoms with Gasteiger partial charge in [0.05, 0.1) is 17.1 Å². The van der Waals surface area contributed by atoms with E-state index in [-0.39, 0.29) is 41.9 Å². The maximum atomic E-state index is 12.3. The molecule has 2 aliphatic rings. The van der Waals surface area contributed by atoms with Crippen LogP contribution in [-0.2, 0) is 11.3 Å². The van der Waals surface area contributed by atoms with Gasteiger partial charge in [0, 0.05) is 26.2 Å². The minimum atomic E-state index is -0.481. The van der Waals surface area contributed by atoms with Gasteiger partial charge in [-0.3, -0.25) is 4.99 Å². The van der Waals surface area contributed by atoms with Crippen molar-refractivity contribution in [3.63, 3.8) is 0 Å². The Morgan fingerprint density at radius 2 is 2.15 bits per heavy atom. The monoisotopic (exact) mass is 552 g/mol. The summed E-state index contributed by atoms with van der Waals surface area (Å²) in [6.07, 6.45) is -0.257. The fraction of sp³-hybridized carbons (Fsp3) is 0.556. The van der Waals surface area contributed by atoms with Gasteiger partial charge >= 0.3 is 6.09 Å². The molecule has 1 saturated heterocycles. The molecule has 1 atom stereocenters. The number of hydrogen-bond acceptors (Lipinski definition) is 6. The van der Waals surface area contributed by atoms with E-state index in [0.717, 1.165) is 18.1 Å². The molecule has 1 fully saturated rings. The highest BCUT2D eigenvalue weighted by Gasteiger charge is 2.36. The maximum Gasteiger partial charge on any atom is 0.410 e. The molecule has 1 amide bonds. The Labute approximate surface area is 185 Å². The molecule has 2 aliphatic heterocycles. The van der Waals surface area contributed by atoms with Crippen LogP contribution in [0.5, 0.6) is 5.75 Å². The summed E-state index contributed by atoms with van der Waals surface area (Å²) in [5, 5.41) is 12.9. The van der Waals surface area contributed by atoms with Gasteiger partial charge in [-0.05, 0) is 54.4 Å². The van der Waals surface area contributed by atoms with Gasteiger partial charge in [0.25, 0.3) is 0 Å². The summed E-state index contributed by atoms with van der Waals surface area (Å²) in [4.78, 5) is 20.8. The molecule has 150 valence electrons. The largest absolute Gasteiger partial charge is 0.507 e. The third kappa shape index (κ3) is 5.63. The standard InChI is InChI=1S/C18H25BrN4O3.HI/c1-18(2,3)26-17(25)22-6-7-23-13(11-22)10-21-16(23)20-9-12-4-5-15(24)14(19)8-12;/h4-5,8,13,24H,6-7,9-11H2,1-3H3,(H,20,21);1H. The van der Waals surface area contributed by atoms with Crippen molar-refractivity contribution in [1.29, 1.82) is 0 Å². The van der Waals surface area contributed by atoms with Crippen molar-refractivity contribution in [2.45, 2.75) is 39.0 Å². The Bertz CT molecular complexity index is 723. The predicted molar refractivity (Wildman–Crippen MR) is 119 cm³/mol. The maximum absolute atomic E-state index is 12.3. The molecular formula is C18H26BrIN4O3. The molecule has 0 spiro atoms. The summed E-state index contributed by atoms with van der Waals surface area (Å²) >= 11 is 3.33. The third-order valence-electron chi connectivity index (χ3n) is 4.32. The van der Waals surface area contributed by atoms with Gasteiger partial charge in [0.15, 0.2) is 5.96 Å². The second-order valence-corrected chi connectivity index (χ2v) is 8.43. The second kappa shape index (κ2) is 8.85. The van der Waals surface area contributed by atoms with Crippen molar-refractivity contribution in [2.75, 3.05) is 26.2 Å². The average molecular weight is 553 g/mol. The van der Waals surface area contributed by atoms with E-state index in [1.54, 1.807) is 11.0 Å². The van der Waals surface area contributed by atoms with E-state index in [1.807, 2.05) is 32.9 Å². The van der Waals surface area contributed by atoms with Gasteiger partial charge in [0.2, 0.25) is 0 Å². The zero-order chi connectivity index (χ0) is 18.9. The first-order valence-electron chi connectivity index (χ1n) is 8.73. The van der Waals surface area contributed by atoms with Crippen LogP contribution in [0.25, 0.3) is 0 Å². The quantitative estimate of drug-likeness (QED) is 0.551. The topological polar surface area (TPSA) is 77.4 Å². The predicted octanol–water partition coefficient (Wildman–Crippen LogP) is 3.15. The van der Waals surface area contributed by atoms with E-state index in [4.69, 9.17) is 4.74 Å². The normalized spacial score (nSPS) is 19.1. The number of amides is 1. The van der Waals surface area contributed by atoms with Crippen LogP contribution in [0.2, 0.25) is 0 Å². The molecule has 1 unspecified atom stereocenters. The summed E-state index contributed by atoms with van der Waals surface area (Å²) in [7, 11) is 0. The highest BCUT2D eigenvalue weighted by molar-refractivity contribution is 14.0. The number of benzene rings is 1. The van der Waals surface area contributed by atoms with Crippen molar-refractivity contribution < 1.29 is 14.6 Å². The van der Waals surface area contributed by atoms with Crippen LogP contribution in [0.3, 0.4) is 0 Å². The van der Waals surface area contributed by atoms with Crippen molar-refractivity contribution in [3.05, 3.63) is 28.2 Å². The molecule has 0 saturated carbocycles.